The normalized spacial score (nSPS) is 18.8. The largest absolute Gasteiger partial charge is 0.384 e. The van der Waals surface area contributed by atoms with E-state index in [0.717, 1.165) is 12.1 Å². The lowest BCUT2D eigenvalue weighted by atomic mass is 9.96. The van der Waals surface area contributed by atoms with E-state index in [1.54, 1.807) is 7.11 Å². The number of hydrogen-bond acceptors (Lipinski definition) is 3. The van der Waals surface area contributed by atoms with E-state index in [2.05, 4.69) is 18.9 Å². The lowest BCUT2D eigenvalue weighted by molar-refractivity contribution is -0.133. The van der Waals surface area contributed by atoms with Crippen molar-refractivity contribution in [3.63, 3.8) is 0 Å². The first-order valence-electron chi connectivity index (χ1n) is 6.80. The Morgan fingerprint density at radius 2 is 2.32 bits per heavy atom. The molecule has 19 heavy (non-hydrogen) atoms. The third-order valence-electron chi connectivity index (χ3n) is 3.56. The highest BCUT2D eigenvalue weighted by atomic mass is 16.5. The Morgan fingerprint density at radius 3 is 2.95 bits per heavy atom. The molecule has 0 aromatic carbocycles. The zero-order chi connectivity index (χ0) is 14.0. The number of ether oxygens (including phenoxy) is 1. The molecule has 0 bridgehead atoms. The van der Waals surface area contributed by atoms with E-state index < -0.39 is 0 Å². The molecule has 1 aromatic rings. The molecule has 0 radical (unpaired) electrons. The van der Waals surface area contributed by atoms with Gasteiger partial charge in [-0.3, -0.25) is 9.48 Å². The zero-order valence-electron chi connectivity index (χ0n) is 12.2. The maximum Gasteiger partial charge on any atom is 0.223 e. The third-order valence-corrected chi connectivity index (χ3v) is 3.56. The Kier molecular flexibility index (Phi) is 4.24. The molecule has 1 unspecified atom stereocenters. The van der Waals surface area contributed by atoms with Crippen LogP contribution < -0.4 is 0 Å². The molecule has 5 heteroatoms. The summed E-state index contributed by atoms with van der Waals surface area (Å²) >= 11 is 0. The van der Waals surface area contributed by atoms with Crippen LogP contribution in [0.15, 0.2) is 6.20 Å². The second-order valence-corrected chi connectivity index (χ2v) is 5.70. The third kappa shape index (κ3) is 2.97. The first-order chi connectivity index (χ1) is 9.02. The number of nitrogens with zero attached hydrogens (tertiary/aromatic N) is 3. The van der Waals surface area contributed by atoms with Gasteiger partial charge in [0.1, 0.15) is 0 Å². The highest BCUT2D eigenvalue weighted by molar-refractivity contribution is 5.76. The number of hydrogen-bond donors (Lipinski definition) is 0. The van der Waals surface area contributed by atoms with E-state index in [4.69, 9.17) is 4.74 Å². The predicted octanol–water partition coefficient (Wildman–Crippen LogP) is 1.54. The molecular weight excluding hydrogens is 242 g/mol. The summed E-state index contributed by atoms with van der Waals surface area (Å²) in [5, 5.41) is 4.31. The van der Waals surface area contributed by atoms with Gasteiger partial charge >= 0.3 is 0 Å². The van der Waals surface area contributed by atoms with Crippen LogP contribution in [-0.4, -0.2) is 40.8 Å². The van der Waals surface area contributed by atoms with Crippen molar-refractivity contribution in [3.8, 4) is 0 Å². The quantitative estimate of drug-likeness (QED) is 0.829. The Labute approximate surface area is 114 Å². The number of carbonyl (C=O) groups excluding carboxylic acids is 1. The molecule has 0 fully saturated rings. The molecule has 1 aliphatic heterocycles. The van der Waals surface area contributed by atoms with Gasteiger partial charge in [0.25, 0.3) is 0 Å². The van der Waals surface area contributed by atoms with Gasteiger partial charge in [0, 0.05) is 45.1 Å². The van der Waals surface area contributed by atoms with Crippen molar-refractivity contribution in [3.05, 3.63) is 17.5 Å². The fourth-order valence-electron chi connectivity index (χ4n) is 2.76. The molecule has 1 atom stereocenters. The highest BCUT2D eigenvalue weighted by Gasteiger charge is 2.30. The average molecular weight is 265 g/mol. The number of carbonyl (C=O) groups is 1. The molecule has 2 rings (SSSR count). The molecule has 2 heterocycles. The summed E-state index contributed by atoms with van der Waals surface area (Å²) in [6, 6.07) is 0. The van der Waals surface area contributed by atoms with E-state index in [1.165, 1.54) is 5.69 Å². The maximum absolute atomic E-state index is 12.2. The minimum atomic E-state index is 0.220. The van der Waals surface area contributed by atoms with E-state index in [1.807, 2.05) is 22.8 Å². The van der Waals surface area contributed by atoms with Crippen LogP contribution in [0.2, 0.25) is 0 Å². The van der Waals surface area contributed by atoms with Gasteiger partial charge in [0.2, 0.25) is 5.91 Å². The van der Waals surface area contributed by atoms with E-state index >= 15 is 0 Å². The zero-order valence-corrected chi connectivity index (χ0v) is 12.2. The molecule has 1 amide bonds. The second-order valence-electron chi connectivity index (χ2n) is 5.70. The molecule has 106 valence electrons. The number of rotatable bonds is 4. The van der Waals surface area contributed by atoms with Crippen LogP contribution in [0.3, 0.4) is 0 Å². The van der Waals surface area contributed by atoms with Crippen LogP contribution in [-0.2, 0) is 23.1 Å². The molecule has 0 saturated carbocycles. The molecular formula is C14H23N3O2. The number of aromatic nitrogens is 2. The Morgan fingerprint density at radius 1 is 1.58 bits per heavy atom. The van der Waals surface area contributed by atoms with E-state index in [0.29, 0.717) is 25.5 Å². The SMILES string of the molecule is COCC1CN(C(=O)CC(C)C)Cc2cnn(C)c21. The Hall–Kier alpha value is -1.36. The van der Waals surface area contributed by atoms with Gasteiger partial charge in [0.05, 0.1) is 18.5 Å². The van der Waals surface area contributed by atoms with Gasteiger partial charge in [-0.1, -0.05) is 13.8 Å². The van der Waals surface area contributed by atoms with Gasteiger partial charge < -0.3 is 9.64 Å². The van der Waals surface area contributed by atoms with Crippen LogP contribution in [0.1, 0.15) is 37.4 Å². The lowest BCUT2D eigenvalue weighted by Gasteiger charge is -2.33. The Bertz CT molecular complexity index is 454. The van der Waals surface area contributed by atoms with Crippen molar-refractivity contribution in [1.82, 2.24) is 14.7 Å². The minimum absolute atomic E-state index is 0.220. The number of fused-ring (bicyclic) bond motifs is 1. The second kappa shape index (κ2) is 5.74. The summed E-state index contributed by atoms with van der Waals surface area (Å²) in [6.07, 6.45) is 2.47. The van der Waals surface area contributed by atoms with Crippen molar-refractivity contribution in [1.29, 1.82) is 0 Å². The number of amides is 1. The molecule has 1 aromatic heterocycles. The maximum atomic E-state index is 12.2. The van der Waals surface area contributed by atoms with E-state index in [-0.39, 0.29) is 11.8 Å². The molecule has 5 nitrogen and oxygen atoms in total. The molecule has 0 aliphatic carbocycles. The molecule has 1 aliphatic rings. The number of aryl methyl sites for hydroxylation is 1. The van der Waals surface area contributed by atoms with Gasteiger partial charge in [-0.15, -0.1) is 0 Å². The van der Waals surface area contributed by atoms with Gasteiger partial charge in [0.15, 0.2) is 0 Å². The topological polar surface area (TPSA) is 47.4 Å². The summed E-state index contributed by atoms with van der Waals surface area (Å²) in [4.78, 5) is 14.2. The predicted molar refractivity (Wildman–Crippen MR) is 72.7 cm³/mol. The number of methoxy groups -OCH3 is 1. The first kappa shape index (κ1) is 14.1. The Balaban J connectivity index is 2.18. The fraction of sp³-hybridized carbons (Fsp3) is 0.714. The monoisotopic (exact) mass is 265 g/mol. The molecule has 0 N–H and O–H groups in total. The highest BCUT2D eigenvalue weighted by Crippen LogP contribution is 2.28. The van der Waals surface area contributed by atoms with Crippen LogP contribution in [0.25, 0.3) is 0 Å². The van der Waals surface area contributed by atoms with E-state index in [9.17, 15) is 4.79 Å². The van der Waals surface area contributed by atoms with Crippen LogP contribution >= 0.6 is 0 Å². The van der Waals surface area contributed by atoms with Crippen molar-refractivity contribution in [2.24, 2.45) is 13.0 Å². The minimum Gasteiger partial charge on any atom is -0.384 e. The average Bonchev–Trinajstić information content (AvgIpc) is 2.71. The first-order valence-corrected chi connectivity index (χ1v) is 6.80. The fourth-order valence-corrected chi connectivity index (χ4v) is 2.76. The van der Waals surface area contributed by atoms with Crippen LogP contribution in [0.4, 0.5) is 0 Å². The summed E-state index contributed by atoms with van der Waals surface area (Å²) in [6.45, 7) is 6.17. The summed E-state index contributed by atoms with van der Waals surface area (Å²) < 4.78 is 7.20. The van der Waals surface area contributed by atoms with Crippen molar-refractivity contribution in [2.75, 3.05) is 20.3 Å². The molecule has 0 saturated heterocycles. The standard InChI is InChI=1S/C14H23N3O2/c1-10(2)5-13(18)17-7-11-6-15-16(3)14(11)12(8-17)9-19-4/h6,10,12H,5,7-9H2,1-4H3. The van der Waals surface area contributed by atoms with Crippen molar-refractivity contribution in [2.45, 2.75) is 32.7 Å². The smallest absolute Gasteiger partial charge is 0.223 e. The van der Waals surface area contributed by atoms with Crippen LogP contribution in [0.5, 0.6) is 0 Å². The van der Waals surface area contributed by atoms with Gasteiger partial charge in [-0.2, -0.15) is 5.10 Å². The summed E-state index contributed by atoms with van der Waals surface area (Å²) in [7, 11) is 3.65. The molecule has 0 spiro atoms. The van der Waals surface area contributed by atoms with Gasteiger partial charge in [-0.25, -0.2) is 0 Å². The van der Waals surface area contributed by atoms with Crippen LogP contribution in [0, 0.1) is 5.92 Å². The summed E-state index contributed by atoms with van der Waals surface area (Å²) in [5.74, 6) is 0.839. The van der Waals surface area contributed by atoms with Crippen molar-refractivity contribution >= 4 is 5.91 Å². The summed E-state index contributed by atoms with van der Waals surface area (Å²) in [5.41, 5.74) is 2.35. The van der Waals surface area contributed by atoms with Crippen molar-refractivity contribution < 1.29 is 9.53 Å². The lowest BCUT2D eigenvalue weighted by Crippen LogP contribution is -2.40. The van der Waals surface area contributed by atoms with Gasteiger partial charge in [-0.05, 0) is 5.92 Å².